The molecule has 0 saturated carbocycles. The SMILES string of the molecule is CCC(CSC)n1c(C(C)Cl)nc2c(C)ccnc21. The monoisotopic (exact) mass is 297 g/mol. The first-order valence-electron chi connectivity index (χ1n) is 6.56. The van der Waals surface area contributed by atoms with Crippen LogP contribution in [0.15, 0.2) is 12.3 Å². The molecule has 0 amide bonds. The molecule has 2 aromatic rings. The molecule has 0 saturated heterocycles. The molecular weight excluding hydrogens is 278 g/mol. The van der Waals surface area contributed by atoms with Crippen LogP contribution in [0.1, 0.15) is 43.1 Å². The van der Waals surface area contributed by atoms with Gasteiger partial charge in [0, 0.05) is 18.0 Å². The number of thioether (sulfide) groups is 1. The number of rotatable bonds is 5. The van der Waals surface area contributed by atoms with Crippen molar-refractivity contribution in [2.75, 3.05) is 12.0 Å². The maximum absolute atomic E-state index is 6.32. The lowest BCUT2D eigenvalue weighted by atomic mass is 10.2. The molecule has 0 N–H and O–H groups in total. The molecule has 0 bridgehead atoms. The second-order valence-electron chi connectivity index (χ2n) is 4.77. The summed E-state index contributed by atoms with van der Waals surface area (Å²) in [5.74, 6) is 1.98. The number of fused-ring (bicyclic) bond motifs is 1. The third-order valence-corrected chi connectivity index (χ3v) is 4.27. The van der Waals surface area contributed by atoms with E-state index in [0.29, 0.717) is 6.04 Å². The summed E-state index contributed by atoms with van der Waals surface area (Å²) in [5.41, 5.74) is 3.09. The number of halogens is 1. The van der Waals surface area contributed by atoms with Crippen LogP contribution < -0.4 is 0 Å². The molecule has 0 aliphatic carbocycles. The van der Waals surface area contributed by atoms with Crippen LogP contribution in [-0.4, -0.2) is 26.5 Å². The summed E-state index contributed by atoms with van der Waals surface area (Å²) in [6.07, 6.45) is 5.03. The highest BCUT2D eigenvalue weighted by Gasteiger charge is 2.22. The fraction of sp³-hybridized carbons (Fsp3) is 0.571. The lowest BCUT2D eigenvalue weighted by Crippen LogP contribution is -2.15. The summed E-state index contributed by atoms with van der Waals surface area (Å²) in [5, 5.41) is -0.107. The minimum atomic E-state index is -0.107. The van der Waals surface area contributed by atoms with Crippen molar-refractivity contribution < 1.29 is 0 Å². The molecule has 0 aliphatic heterocycles. The van der Waals surface area contributed by atoms with E-state index in [9.17, 15) is 0 Å². The average Bonchev–Trinajstić information content (AvgIpc) is 2.77. The fourth-order valence-electron chi connectivity index (χ4n) is 2.34. The first-order chi connectivity index (χ1) is 9.10. The number of alkyl halides is 1. The molecule has 5 heteroatoms. The number of imidazole rings is 1. The van der Waals surface area contributed by atoms with Gasteiger partial charge in [0.05, 0.1) is 5.38 Å². The third-order valence-electron chi connectivity index (χ3n) is 3.36. The largest absolute Gasteiger partial charge is 0.308 e. The number of pyridine rings is 1. The molecular formula is C14H20ClN3S. The minimum absolute atomic E-state index is 0.107. The summed E-state index contributed by atoms with van der Waals surface area (Å²) in [6.45, 7) is 6.24. The van der Waals surface area contributed by atoms with E-state index < -0.39 is 0 Å². The second-order valence-corrected chi connectivity index (χ2v) is 6.34. The van der Waals surface area contributed by atoms with Crippen LogP contribution in [0, 0.1) is 6.92 Å². The zero-order chi connectivity index (χ0) is 14.0. The number of aromatic nitrogens is 3. The molecule has 2 aromatic heterocycles. The highest BCUT2D eigenvalue weighted by atomic mass is 35.5. The topological polar surface area (TPSA) is 30.7 Å². The Bertz CT molecular complexity index is 565. The maximum atomic E-state index is 6.32. The number of hydrogen-bond donors (Lipinski definition) is 0. The Labute approximate surface area is 123 Å². The zero-order valence-electron chi connectivity index (χ0n) is 11.9. The highest BCUT2D eigenvalue weighted by molar-refractivity contribution is 7.98. The van der Waals surface area contributed by atoms with Crippen LogP contribution in [0.4, 0.5) is 0 Å². The summed E-state index contributed by atoms with van der Waals surface area (Å²) < 4.78 is 2.23. The van der Waals surface area contributed by atoms with Crippen LogP contribution in [0.25, 0.3) is 11.2 Å². The predicted octanol–water partition coefficient (Wildman–Crippen LogP) is 4.35. The minimum Gasteiger partial charge on any atom is -0.308 e. The van der Waals surface area contributed by atoms with Gasteiger partial charge in [-0.2, -0.15) is 11.8 Å². The second kappa shape index (κ2) is 6.14. The first kappa shape index (κ1) is 14.7. The van der Waals surface area contributed by atoms with Crippen molar-refractivity contribution in [2.24, 2.45) is 0 Å². The van der Waals surface area contributed by atoms with E-state index in [2.05, 4.69) is 29.7 Å². The number of aryl methyl sites for hydroxylation is 1. The molecule has 2 rings (SSSR count). The Balaban J connectivity index is 2.67. The van der Waals surface area contributed by atoms with E-state index in [1.54, 1.807) is 0 Å². The van der Waals surface area contributed by atoms with E-state index in [4.69, 9.17) is 16.6 Å². The molecule has 0 spiro atoms. The molecule has 104 valence electrons. The molecule has 0 aromatic carbocycles. The van der Waals surface area contributed by atoms with Gasteiger partial charge in [0.2, 0.25) is 0 Å². The van der Waals surface area contributed by atoms with E-state index >= 15 is 0 Å². The van der Waals surface area contributed by atoms with E-state index in [1.165, 1.54) is 0 Å². The van der Waals surface area contributed by atoms with Crippen LogP contribution >= 0.6 is 23.4 Å². The van der Waals surface area contributed by atoms with Gasteiger partial charge >= 0.3 is 0 Å². The lowest BCUT2D eigenvalue weighted by molar-refractivity contribution is 0.527. The number of nitrogens with zero attached hydrogens (tertiary/aromatic N) is 3. The lowest BCUT2D eigenvalue weighted by Gasteiger charge is -2.19. The Morgan fingerprint density at radius 2 is 2.21 bits per heavy atom. The Morgan fingerprint density at radius 3 is 2.79 bits per heavy atom. The Hall–Kier alpha value is -0.740. The van der Waals surface area contributed by atoms with Crippen LogP contribution in [0.5, 0.6) is 0 Å². The molecule has 19 heavy (non-hydrogen) atoms. The average molecular weight is 298 g/mol. The Morgan fingerprint density at radius 1 is 1.47 bits per heavy atom. The molecule has 2 unspecified atom stereocenters. The predicted molar refractivity (Wildman–Crippen MR) is 84.2 cm³/mol. The molecule has 2 atom stereocenters. The molecule has 3 nitrogen and oxygen atoms in total. The Kier molecular flexibility index (Phi) is 4.74. The van der Waals surface area contributed by atoms with Gasteiger partial charge in [-0.3, -0.25) is 0 Å². The van der Waals surface area contributed by atoms with Gasteiger partial charge in [0.25, 0.3) is 0 Å². The van der Waals surface area contributed by atoms with Gasteiger partial charge in [-0.15, -0.1) is 11.6 Å². The summed E-state index contributed by atoms with van der Waals surface area (Å²) in [6, 6.07) is 2.39. The van der Waals surface area contributed by atoms with Gasteiger partial charge in [0.15, 0.2) is 5.65 Å². The van der Waals surface area contributed by atoms with Crippen molar-refractivity contribution in [3.05, 3.63) is 23.7 Å². The molecule has 2 heterocycles. The van der Waals surface area contributed by atoms with Crippen molar-refractivity contribution in [2.45, 2.75) is 38.6 Å². The van der Waals surface area contributed by atoms with E-state index in [1.807, 2.05) is 30.9 Å². The molecule has 0 radical (unpaired) electrons. The van der Waals surface area contributed by atoms with Crippen molar-refractivity contribution in [3.8, 4) is 0 Å². The highest BCUT2D eigenvalue weighted by Crippen LogP contribution is 2.30. The van der Waals surface area contributed by atoms with Crippen molar-refractivity contribution in [1.29, 1.82) is 0 Å². The zero-order valence-corrected chi connectivity index (χ0v) is 13.4. The quantitative estimate of drug-likeness (QED) is 0.769. The van der Waals surface area contributed by atoms with Crippen LogP contribution in [-0.2, 0) is 0 Å². The maximum Gasteiger partial charge on any atom is 0.160 e. The van der Waals surface area contributed by atoms with Crippen molar-refractivity contribution >= 4 is 34.5 Å². The van der Waals surface area contributed by atoms with Gasteiger partial charge in [-0.25, -0.2) is 9.97 Å². The first-order valence-corrected chi connectivity index (χ1v) is 8.39. The van der Waals surface area contributed by atoms with Crippen molar-refractivity contribution in [3.63, 3.8) is 0 Å². The molecule has 0 fully saturated rings. The summed E-state index contributed by atoms with van der Waals surface area (Å²) >= 11 is 8.16. The smallest absolute Gasteiger partial charge is 0.160 e. The van der Waals surface area contributed by atoms with Crippen molar-refractivity contribution in [1.82, 2.24) is 14.5 Å². The van der Waals surface area contributed by atoms with E-state index in [-0.39, 0.29) is 5.38 Å². The van der Waals surface area contributed by atoms with Crippen LogP contribution in [0.2, 0.25) is 0 Å². The van der Waals surface area contributed by atoms with Crippen LogP contribution in [0.3, 0.4) is 0 Å². The van der Waals surface area contributed by atoms with E-state index in [0.717, 1.165) is 34.7 Å². The van der Waals surface area contributed by atoms with Gasteiger partial charge in [-0.05, 0) is 38.2 Å². The summed E-state index contributed by atoms with van der Waals surface area (Å²) in [4.78, 5) is 9.25. The normalized spacial score (nSPS) is 14.8. The van der Waals surface area contributed by atoms with Gasteiger partial charge in [-0.1, -0.05) is 6.92 Å². The third kappa shape index (κ3) is 2.75. The number of hydrogen-bond acceptors (Lipinski definition) is 3. The molecule has 0 aliphatic rings. The van der Waals surface area contributed by atoms with Gasteiger partial charge in [0.1, 0.15) is 11.3 Å². The summed E-state index contributed by atoms with van der Waals surface area (Å²) in [7, 11) is 0. The fourth-order valence-corrected chi connectivity index (χ4v) is 3.26. The standard InChI is InChI=1S/C14H20ClN3S/c1-5-11(8-19-4)18-13(10(3)15)17-12-9(2)6-7-16-14(12)18/h6-7,10-11H,5,8H2,1-4H3. The van der Waals surface area contributed by atoms with Gasteiger partial charge < -0.3 is 4.57 Å².